The molecule has 0 saturated carbocycles. The van der Waals surface area contributed by atoms with E-state index in [1.54, 1.807) is 36.4 Å². The summed E-state index contributed by atoms with van der Waals surface area (Å²) in [6.45, 7) is 6.27. The standard InChI is InChI=1S/C23H28N2O4/c1-15(2)14-20(25-21(26)19-7-5-4-6-16(19)3)22(27)24-13-12-17-8-10-18(11-9-17)23(28)29/h4-11,15,20H,12-14H2,1-3H3,(H,24,27)(H,25,26)(H,28,29). The lowest BCUT2D eigenvalue weighted by molar-refractivity contribution is -0.123. The molecule has 29 heavy (non-hydrogen) atoms. The van der Waals surface area contributed by atoms with Crippen LogP contribution in [0, 0.1) is 12.8 Å². The van der Waals surface area contributed by atoms with Gasteiger partial charge in [0, 0.05) is 12.1 Å². The number of hydrogen-bond donors (Lipinski definition) is 3. The summed E-state index contributed by atoms with van der Waals surface area (Å²) in [6, 6.07) is 13.2. The zero-order valence-corrected chi connectivity index (χ0v) is 17.1. The molecule has 0 spiro atoms. The van der Waals surface area contributed by atoms with Crippen LogP contribution in [0.25, 0.3) is 0 Å². The van der Waals surface area contributed by atoms with Crippen LogP contribution in [0.15, 0.2) is 48.5 Å². The molecule has 0 aliphatic heterocycles. The van der Waals surface area contributed by atoms with Gasteiger partial charge in [0.2, 0.25) is 5.91 Å². The fraction of sp³-hybridized carbons (Fsp3) is 0.348. The van der Waals surface area contributed by atoms with Crippen molar-refractivity contribution in [3.8, 4) is 0 Å². The van der Waals surface area contributed by atoms with Gasteiger partial charge < -0.3 is 15.7 Å². The van der Waals surface area contributed by atoms with Gasteiger partial charge in [0.1, 0.15) is 6.04 Å². The molecule has 1 unspecified atom stereocenters. The lowest BCUT2D eigenvalue weighted by atomic mass is 10.0. The summed E-state index contributed by atoms with van der Waals surface area (Å²) < 4.78 is 0. The molecule has 3 N–H and O–H groups in total. The van der Waals surface area contributed by atoms with E-state index in [-0.39, 0.29) is 23.3 Å². The molecule has 2 aromatic carbocycles. The molecule has 0 aromatic heterocycles. The maximum atomic E-state index is 12.7. The fourth-order valence-electron chi connectivity index (χ4n) is 3.03. The largest absolute Gasteiger partial charge is 0.478 e. The predicted molar refractivity (Wildman–Crippen MR) is 112 cm³/mol. The van der Waals surface area contributed by atoms with E-state index >= 15 is 0 Å². The molecule has 2 rings (SSSR count). The number of aryl methyl sites for hydroxylation is 1. The maximum absolute atomic E-state index is 12.7. The molecular formula is C23H28N2O4. The minimum absolute atomic E-state index is 0.220. The van der Waals surface area contributed by atoms with E-state index in [2.05, 4.69) is 10.6 Å². The Kier molecular flexibility index (Phi) is 7.95. The van der Waals surface area contributed by atoms with Crippen LogP contribution >= 0.6 is 0 Å². The van der Waals surface area contributed by atoms with E-state index in [4.69, 9.17) is 5.11 Å². The topological polar surface area (TPSA) is 95.5 Å². The Hall–Kier alpha value is -3.15. The number of carboxylic acids is 1. The molecule has 0 bridgehead atoms. The van der Waals surface area contributed by atoms with Crippen LogP contribution in [-0.2, 0) is 11.2 Å². The third-order valence-corrected chi connectivity index (χ3v) is 4.63. The lowest BCUT2D eigenvalue weighted by Crippen LogP contribution is -2.48. The highest BCUT2D eigenvalue weighted by atomic mass is 16.4. The van der Waals surface area contributed by atoms with Crippen molar-refractivity contribution in [2.75, 3.05) is 6.54 Å². The van der Waals surface area contributed by atoms with Crippen LogP contribution in [0.2, 0.25) is 0 Å². The number of rotatable bonds is 9. The lowest BCUT2D eigenvalue weighted by Gasteiger charge is -2.20. The number of amides is 2. The first-order chi connectivity index (χ1) is 13.8. The van der Waals surface area contributed by atoms with Crippen molar-refractivity contribution in [3.05, 3.63) is 70.8 Å². The van der Waals surface area contributed by atoms with Crippen molar-refractivity contribution < 1.29 is 19.5 Å². The third kappa shape index (κ3) is 6.75. The van der Waals surface area contributed by atoms with Crippen LogP contribution in [0.5, 0.6) is 0 Å². The van der Waals surface area contributed by atoms with Crippen LogP contribution in [0.3, 0.4) is 0 Å². The first-order valence-electron chi connectivity index (χ1n) is 9.74. The molecule has 0 heterocycles. The quantitative estimate of drug-likeness (QED) is 0.607. The van der Waals surface area contributed by atoms with E-state index in [1.807, 2.05) is 32.9 Å². The highest BCUT2D eigenvalue weighted by Gasteiger charge is 2.22. The molecular weight excluding hydrogens is 368 g/mol. The molecule has 6 heteroatoms. The predicted octanol–water partition coefficient (Wildman–Crippen LogP) is 3.20. The van der Waals surface area contributed by atoms with E-state index in [0.717, 1.165) is 11.1 Å². The summed E-state index contributed by atoms with van der Waals surface area (Å²) in [4.78, 5) is 36.2. The molecule has 154 valence electrons. The van der Waals surface area contributed by atoms with Crippen molar-refractivity contribution in [1.29, 1.82) is 0 Å². The van der Waals surface area contributed by atoms with Crippen LogP contribution in [0.4, 0.5) is 0 Å². The van der Waals surface area contributed by atoms with Gasteiger partial charge in [-0.25, -0.2) is 4.79 Å². The number of hydrogen-bond acceptors (Lipinski definition) is 3. The van der Waals surface area contributed by atoms with Gasteiger partial charge in [-0.1, -0.05) is 44.2 Å². The molecule has 2 aromatic rings. The fourth-order valence-corrected chi connectivity index (χ4v) is 3.03. The SMILES string of the molecule is Cc1ccccc1C(=O)NC(CC(C)C)C(=O)NCCc1ccc(C(=O)O)cc1. The molecule has 0 saturated heterocycles. The number of carbonyl (C=O) groups is 3. The first-order valence-corrected chi connectivity index (χ1v) is 9.74. The summed E-state index contributed by atoms with van der Waals surface area (Å²) in [5, 5.41) is 14.7. The highest BCUT2D eigenvalue weighted by molar-refractivity contribution is 5.98. The average Bonchev–Trinajstić information content (AvgIpc) is 2.67. The number of nitrogens with one attached hydrogen (secondary N) is 2. The van der Waals surface area contributed by atoms with Crippen molar-refractivity contribution in [2.45, 2.75) is 39.7 Å². The third-order valence-electron chi connectivity index (χ3n) is 4.63. The smallest absolute Gasteiger partial charge is 0.335 e. The van der Waals surface area contributed by atoms with Crippen LogP contribution in [0.1, 0.15) is 52.1 Å². The van der Waals surface area contributed by atoms with Crippen molar-refractivity contribution >= 4 is 17.8 Å². The highest BCUT2D eigenvalue weighted by Crippen LogP contribution is 2.10. The Labute approximate surface area is 171 Å². The Morgan fingerprint density at radius 2 is 1.66 bits per heavy atom. The van der Waals surface area contributed by atoms with Gasteiger partial charge in [-0.05, 0) is 55.0 Å². The van der Waals surface area contributed by atoms with Gasteiger partial charge in [-0.15, -0.1) is 0 Å². The van der Waals surface area contributed by atoms with Gasteiger partial charge in [0.15, 0.2) is 0 Å². The molecule has 0 fully saturated rings. The molecule has 0 aliphatic carbocycles. The second-order valence-corrected chi connectivity index (χ2v) is 7.51. The minimum Gasteiger partial charge on any atom is -0.478 e. The zero-order chi connectivity index (χ0) is 21.4. The normalized spacial score (nSPS) is 11.7. The van der Waals surface area contributed by atoms with E-state index in [9.17, 15) is 14.4 Å². The van der Waals surface area contributed by atoms with E-state index in [0.29, 0.717) is 24.9 Å². The number of benzene rings is 2. The van der Waals surface area contributed by atoms with Crippen LogP contribution < -0.4 is 10.6 Å². The summed E-state index contributed by atoms with van der Waals surface area (Å²) in [6.07, 6.45) is 1.11. The van der Waals surface area contributed by atoms with Gasteiger partial charge in [-0.3, -0.25) is 9.59 Å². The van der Waals surface area contributed by atoms with Gasteiger partial charge >= 0.3 is 5.97 Å². The molecule has 2 amide bonds. The zero-order valence-electron chi connectivity index (χ0n) is 17.1. The Morgan fingerprint density at radius 3 is 2.24 bits per heavy atom. The average molecular weight is 396 g/mol. The Morgan fingerprint density at radius 1 is 1.00 bits per heavy atom. The van der Waals surface area contributed by atoms with Crippen LogP contribution in [-0.4, -0.2) is 35.5 Å². The van der Waals surface area contributed by atoms with Crippen molar-refractivity contribution in [2.24, 2.45) is 5.92 Å². The van der Waals surface area contributed by atoms with Gasteiger partial charge in [0.25, 0.3) is 5.91 Å². The number of carbonyl (C=O) groups excluding carboxylic acids is 2. The maximum Gasteiger partial charge on any atom is 0.335 e. The van der Waals surface area contributed by atoms with Crippen molar-refractivity contribution in [1.82, 2.24) is 10.6 Å². The summed E-state index contributed by atoms with van der Waals surface area (Å²) in [5.74, 6) is -1.20. The van der Waals surface area contributed by atoms with Crippen molar-refractivity contribution in [3.63, 3.8) is 0 Å². The molecule has 0 radical (unpaired) electrons. The molecule has 1 atom stereocenters. The second kappa shape index (κ2) is 10.4. The van der Waals surface area contributed by atoms with E-state index < -0.39 is 12.0 Å². The second-order valence-electron chi connectivity index (χ2n) is 7.51. The van der Waals surface area contributed by atoms with Gasteiger partial charge in [-0.2, -0.15) is 0 Å². The van der Waals surface area contributed by atoms with Gasteiger partial charge in [0.05, 0.1) is 5.56 Å². The summed E-state index contributed by atoms with van der Waals surface area (Å²) >= 11 is 0. The molecule has 0 aliphatic rings. The number of carboxylic acid groups (broad SMARTS) is 1. The van der Waals surface area contributed by atoms with E-state index in [1.165, 1.54) is 0 Å². The Balaban J connectivity index is 1.95. The summed E-state index contributed by atoms with van der Waals surface area (Å²) in [7, 11) is 0. The first kappa shape index (κ1) is 22.1. The minimum atomic E-state index is -0.967. The monoisotopic (exact) mass is 396 g/mol. The summed E-state index contributed by atoms with van der Waals surface area (Å²) in [5.41, 5.74) is 2.58. The Bertz CT molecular complexity index is 859. The molecule has 6 nitrogen and oxygen atoms in total. The number of aromatic carboxylic acids is 1.